The average molecular weight is 240 g/mol. The van der Waals surface area contributed by atoms with Crippen LogP contribution in [0, 0.1) is 5.92 Å². The van der Waals surface area contributed by atoms with E-state index in [0.717, 1.165) is 18.5 Å². The molecule has 1 fully saturated rings. The van der Waals surface area contributed by atoms with Crippen LogP contribution >= 0.6 is 0 Å². The van der Waals surface area contributed by atoms with Gasteiger partial charge in [-0.2, -0.15) is 0 Å². The van der Waals surface area contributed by atoms with Crippen molar-refractivity contribution < 1.29 is 0 Å². The maximum absolute atomic E-state index is 3.61. The lowest BCUT2D eigenvalue weighted by atomic mass is 9.99. The molecule has 2 nitrogen and oxygen atoms in total. The second-order valence-electron chi connectivity index (χ2n) is 5.82. The third-order valence-electron chi connectivity index (χ3n) is 3.91. The fraction of sp³-hybridized carbons (Fsp3) is 1.00. The van der Waals surface area contributed by atoms with Crippen LogP contribution in [0.5, 0.6) is 0 Å². The highest BCUT2D eigenvalue weighted by Gasteiger charge is 2.21. The molecule has 0 radical (unpaired) electrons. The molecule has 1 saturated heterocycles. The predicted molar refractivity (Wildman–Crippen MR) is 76.4 cm³/mol. The van der Waals surface area contributed by atoms with Crippen LogP contribution in [0.15, 0.2) is 0 Å². The molecule has 102 valence electrons. The summed E-state index contributed by atoms with van der Waals surface area (Å²) in [4.78, 5) is 2.74. The first-order valence-corrected chi connectivity index (χ1v) is 7.70. The van der Waals surface area contributed by atoms with E-state index in [4.69, 9.17) is 0 Å². The Morgan fingerprint density at radius 2 is 1.59 bits per heavy atom. The van der Waals surface area contributed by atoms with Gasteiger partial charge >= 0.3 is 0 Å². The summed E-state index contributed by atoms with van der Waals surface area (Å²) < 4.78 is 0. The van der Waals surface area contributed by atoms with Crippen LogP contribution in [0.1, 0.15) is 59.3 Å². The predicted octanol–water partition coefficient (Wildman–Crippen LogP) is 3.28. The quantitative estimate of drug-likeness (QED) is 0.717. The number of hydrogen-bond donors (Lipinski definition) is 1. The molecule has 0 aromatic heterocycles. The zero-order valence-electron chi connectivity index (χ0n) is 12.2. The highest BCUT2D eigenvalue weighted by molar-refractivity contribution is 4.78. The summed E-state index contributed by atoms with van der Waals surface area (Å²) >= 11 is 0. The standard InChI is InChI=1S/C15H32N2/c1-4-10-16-13-15(14(2)3)17-11-8-6-5-7-9-12-17/h14-16H,4-13H2,1-3H3. The Morgan fingerprint density at radius 3 is 2.12 bits per heavy atom. The molecule has 1 rings (SSSR count). The van der Waals surface area contributed by atoms with Crippen LogP contribution in [-0.4, -0.2) is 37.1 Å². The van der Waals surface area contributed by atoms with Crippen molar-refractivity contribution in [3.63, 3.8) is 0 Å². The topological polar surface area (TPSA) is 15.3 Å². The van der Waals surface area contributed by atoms with Crippen molar-refractivity contribution in [3.05, 3.63) is 0 Å². The van der Waals surface area contributed by atoms with Crippen molar-refractivity contribution >= 4 is 0 Å². The maximum atomic E-state index is 3.61. The van der Waals surface area contributed by atoms with E-state index in [1.165, 1.54) is 58.2 Å². The molecule has 0 bridgehead atoms. The molecule has 0 aromatic rings. The van der Waals surface area contributed by atoms with Gasteiger partial charge in [0.1, 0.15) is 0 Å². The van der Waals surface area contributed by atoms with Gasteiger partial charge in [-0.1, -0.05) is 40.0 Å². The average Bonchev–Trinajstić information content (AvgIpc) is 2.25. The molecule has 1 atom stereocenters. The van der Waals surface area contributed by atoms with Crippen molar-refractivity contribution in [2.45, 2.75) is 65.3 Å². The second kappa shape index (κ2) is 8.93. The SMILES string of the molecule is CCCNCC(C(C)C)N1CCCCCCC1. The van der Waals surface area contributed by atoms with Crippen LogP contribution in [0.4, 0.5) is 0 Å². The summed E-state index contributed by atoms with van der Waals surface area (Å²) in [6.45, 7) is 12.0. The Kier molecular flexibility index (Phi) is 7.87. The van der Waals surface area contributed by atoms with Crippen molar-refractivity contribution in [1.29, 1.82) is 0 Å². The smallest absolute Gasteiger partial charge is 0.0243 e. The fourth-order valence-electron chi connectivity index (χ4n) is 2.82. The first-order chi connectivity index (χ1) is 8.25. The van der Waals surface area contributed by atoms with Gasteiger partial charge in [0.2, 0.25) is 0 Å². The molecule has 1 aliphatic rings. The van der Waals surface area contributed by atoms with Gasteiger partial charge in [0.25, 0.3) is 0 Å². The summed E-state index contributed by atoms with van der Waals surface area (Å²) in [6, 6.07) is 0.736. The van der Waals surface area contributed by atoms with Crippen molar-refractivity contribution in [2.75, 3.05) is 26.2 Å². The number of likely N-dealkylation sites (tertiary alicyclic amines) is 1. The van der Waals surface area contributed by atoms with Gasteiger partial charge in [0.15, 0.2) is 0 Å². The van der Waals surface area contributed by atoms with Crippen molar-refractivity contribution in [2.24, 2.45) is 5.92 Å². The number of nitrogens with one attached hydrogen (secondary N) is 1. The van der Waals surface area contributed by atoms with E-state index in [0.29, 0.717) is 0 Å². The van der Waals surface area contributed by atoms with Gasteiger partial charge in [0, 0.05) is 12.6 Å². The minimum atomic E-state index is 0.736. The minimum Gasteiger partial charge on any atom is -0.315 e. The normalized spacial score (nSPS) is 21.2. The monoisotopic (exact) mass is 240 g/mol. The first kappa shape index (κ1) is 15.0. The molecule has 17 heavy (non-hydrogen) atoms. The Hall–Kier alpha value is -0.0800. The van der Waals surface area contributed by atoms with Crippen molar-refractivity contribution in [3.8, 4) is 0 Å². The summed E-state index contributed by atoms with van der Waals surface area (Å²) in [5, 5.41) is 3.61. The zero-order valence-corrected chi connectivity index (χ0v) is 12.2. The second-order valence-corrected chi connectivity index (χ2v) is 5.82. The summed E-state index contributed by atoms with van der Waals surface area (Å²) in [7, 11) is 0. The summed E-state index contributed by atoms with van der Waals surface area (Å²) in [6.07, 6.45) is 8.36. The van der Waals surface area contributed by atoms with E-state index in [-0.39, 0.29) is 0 Å². The first-order valence-electron chi connectivity index (χ1n) is 7.70. The lowest BCUT2D eigenvalue weighted by Crippen LogP contribution is -2.47. The summed E-state index contributed by atoms with van der Waals surface area (Å²) in [5.74, 6) is 0.763. The van der Waals surface area contributed by atoms with Crippen LogP contribution in [0.2, 0.25) is 0 Å². The molecule has 0 aromatic carbocycles. The molecule has 2 heteroatoms. The Bertz CT molecular complexity index is 172. The lowest BCUT2D eigenvalue weighted by Gasteiger charge is -2.35. The van der Waals surface area contributed by atoms with E-state index >= 15 is 0 Å². The Labute approximate surface area is 108 Å². The van der Waals surface area contributed by atoms with E-state index in [1.54, 1.807) is 0 Å². The number of nitrogens with zero attached hydrogens (tertiary/aromatic N) is 1. The fourth-order valence-corrected chi connectivity index (χ4v) is 2.82. The van der Waals surface area contributed by atoms with Crippen LogP contribution in [0.3, 0.4) is 0 Å². The molecule has 0 spiro atoms. The third kappa shape index (κ3) is 5.87. The van der Waals surface area contributed by atoms with Gasteiger partial charge in [0.05, 0.1) is 0 Å². The molecule has 0 aliphatic carbocycles. The van der Waals surface area contributed by atoms with Gasteiger partial charge in [-0.3, -0.25) is 4.90 Å². The largest absolute Gasteiger partial charge is 0.315 e. The summed E-state index contributed by atoms with van der Waals surface area (Å²) in [5.41, 5.74) is 0. The molecular formula is C15H32N2. The molecule has 1 unspecified atom stereocenters. The minimum absolute atomic E-state index is 0.736. The highest BCUT2D eigenvalue weighted by Crippen LogP contribution is 2.16. The third-order valence-corrected chi connectivity index (χ3v) is 3.91. The highest BCUT2D eigenvalue weighted by atomic mass is 15.2. The Balaban J connectivity index is 2.42. The number of hydrogen-bond acceptors (Lipinski definition) is 2. The molecule has 1 aliphatic heterocycles. The van der Waals surface area contributed by atoms with Gasteiger partial charge < -0.3 is 5.32 Å². The van der Waals surface area contributed by atoms with E-state index in [9.17, 15) is 0 Å². The Morgan fingerprint density at radius 1 is 1.00 bits per heavy atom. The molecular weight excluding hydrogens is 208 g/mol. The zero-order chi connectivity index (χ0) is 12.5. The molecule has 1 heterocycles. The molecule has 1 N–H and O–H groups in total. The van der Waals surface area contributed by atoms with Gasteiger partial charge in [-0.05, 0) is 44.8 Å². The van der Waals surface area contributed by atoms with Crippen molar-refractivity contribution in [1.82, 2.24) is 10.2 Å². The number of rotatable bonds is 6. The molecule has 0 amide bonds. The van der Waals surface area contributed by atoms with Crippen LogP contribution < -0.4 is 5.32 Å². The molecule has 0 saturated carbocycles. The maximum Gasteiger partial charge on any atom is 0.0243 e. The van der Waals surface area contributed by atoms with E-state index in [2.05, 4.69) is 31.0 Å². The van der Waals surface area contributed by atoms with Gasteiger partial charge in [-0.25, -0.2) is 0 Å². The van der Waals surface area contributed by atoms with Crippen LogP contribution in [-0.2, 0) is 0 Å². The van der Waals surface area contributed by atoms with Gasteiger partial charge in [-0.15, -0.1) is 0 Å². The lowest BCUT2D eigenvalue weighted by molar-refractivity contribution is 0.139. The van der Waals surface area contributed by atoms with Crippen LogP contribution in [0.25, 0.3) is 0 Å². The van der Waals surface area contributed by atoms with E-state index in [1.807, 2.05) is 0 Å². The van der Waals surface area contributed by atoms with E-state index < -0.39 is 0 Å².